The van der Waals surface area contributed by atoms with Gasteiger partial charge in [-0.1, -0.05) is 35.4 Å². The van der Waals surface area contributed by atoms with Gasteiger partial charge in [0, 0.05) is 5.56 Å². The maximum atomic E-state index is 12.6. The van der Waals surface area contributed by atoms with Crippen LogP contribution in [0.4, 0.5) is 13.2 Å². The summed E-state index contributed by atoms with van der Waals surface area (Å²) in [4.78, 5) is 0.220. The molecule has 0 amide bonds. The van der Waals surface area contributed by atoms with Crippen LogP contribution in [-0.4, -0.2) is 4.99 Å². The summed E-state index contributed by atoms with van der Waals surface area (Å²) in [5.74, 6) is 0.281. The fourth-order valence-electron chi connectivity index (χ4n) is 1.63. The topological polar surface area (TPSA) is 35.2 Å². The van der Waals surface area contributed by atoms with Crippen LogP contribution in [0.1, 0.15) is 11.1 Å². The third-order valence-electron chi connectivity index (χ3n) is 2.68. The standard InChI is InChI=1S/C14H8Cl2F3NOS/c15-10-5-8(14(17,18)19)6-11(16)12(10)21-9-3-1-7(2-4-9)13(20)22/h1-6H,(H2,20,22). The van der Waals surface area contributed by atoms with E-state index in [1.54, 1.807) is 24.3 Å². The summed E-state index contributed by atoms with van der Waals surface area (Å²) in [6, 6.07) is 7.85. The summed E-state index contributed by atoms with van der Waals surface area (Å²) in [5.41, 5.74) is 5.15. The Bertz CT molecular complexity index is 694. The van der Waals surface area contributed by atoms with Crippen molar-refractivity contribution >= 4 is 40.4 Å². The molecule has 116 valence electrons. The molecule has 2 nitrogen and oxygen atoms in total. The minimum atomic E-state index is -4.54. The maximum absolute atomic E-state index is 12.6. The van der Waals surface area contributed by atoms with Crippen LogP contribution in [0.25, 0.3) is 0 Å². The lowest BCUT2D eigenvalue weighted by atomic mass is 10.2. The van der Waals surface area contributed by atoms with Crippen LogP contribution in [-0.2, 0) is 6.18 Å². The van der Waals surface area contributed by atoms with Crippen LogP contribution < -0.4 is 10.5 Å². The number of nitrogens with two attached hydrogens (primary N) is 1. The summed E-state index contributed by atoms with van der Waals surface area (Å²) < 4.78 is 43.4. The van der Waals surface area contributed by atoms with Crippen molar-refractivity contribution in [1.29, 1.82) is 0 Å². The highest BCUT2D eigenvalue weighted by atomic mass is 35.5. The predicted molar refractivity (Wildman–Crippen MR) is 83.9 cm³/mol. The Kier molecular flexibility index (Phi) is 4.84. The van der Waals surface area contributed by atoms with Gasteiger partial charge >= 0.3 is 6.18 Å². The quantitative estimate of drug-likeness (QED) is 0.735. The highest BCUT2D eigenvalue weighted by molar-refractivity contribution is 7.80. The highest BCUT2D eigenvalue weighted by Gasteiger charge is 2.32. The van der Waals surface area contributed by atoms with Gasteiger partial charge in [0.25, 0.3) is 0 Å². The van der Waals surface area contributed by atoms with Gasteiger partial charge in [-0.05, 0) is 36.4 Å². The SMILES string of the molecule is NC(=S)c1ccc(Oc2c(Cl)cc(C(F)(F)F)cc2Cl)cc1. The molecule has 2 aromatic carbocycles. The first-order valence-electron chi connectivity index (χ1n) is 5.82. The molecule has 0 atom stereocenters. The Hall–Kier alpha value is -1.50. The second-order valence-corrected chi connectivity index (χ2v) is 5.51. The molecule has 8 heteroatoms. The summed E-state index contributed by atoms with van der Waals surface area (Å²) in [7, 11) is 0. The second-order valence-electron chi connectivity index (χ2n) is 4.26. The van der Waals surface area contributed by atoms with Crippen molar-refractivity contribution < 1.29 is 17.9 Å². The van der Waals surface area contributed by atoms with E-state index in [1.807, 2.05) is 0 Å². The fourth-order valence-corrected chi connectivity index (χ4v) is 2.33. The van der Waals surface area contributed by atoms with Gasteiger partial charge in [-0.3, -0.25) is 0 Å². The largest absolute Gasteiger partial charge is 0.454 e. The van der Waals surface area contributed by atoms with Crippen LogP contribution in [0.15, 0.2) is 36.4 Å². The summed E-state index contributed by atoms with van der Waals surface area (Å²) in [5, 5.41) is -0.475. The zero-order valence-corrected chi connectivity index (χ0v) is 13.1. The summed E-state index contributed by atoms with van der Waals surface area (Å²) in [6.45, 7) is 0. The second kappa shape index (κ2) is 6.32. The van der Waals surface area contributed by atoms with E-state index in [0.717, 1.165) is 12.1 Å². The summed E-state index contributed by atoms with van der Waals surface area (Å²) in [6.07, 6.45) is -4.54. The number of alkyl halides is 3. The zero-order chi connectivity index (χ0) is 16.5. The monoisotopic (exact) mass is 365 g/mol. The molecule has 0 aliphatic rings. The maximum Gasteiger partial charge on any atom is 0.416 e. The number of ether oxygens (including phenoxy) is 1. The van der Waals surface area contributed by atoms with Crippen molar-refractivity contribution in [3.8, 4) is 11.5 Å². The van der Waals surface area contributed by atoms with E-state index in [0.29, 0.717) is 11.3 Å². The number of thiocarbonyl (C=S) groups is 1. The van der Waals surface area contributed by atoms with Gasteiger partial charge in [0.1, 0.15) is 10.7 Å². The molecule has 0 heterocycles. The molecule has 0 bridgehead atoms. The Morgan fingerprint density at radius 3 is 1.95 bits per heavy atom. The highest BCUT2D eigenvalue weighted by Crippen LogP contribution is 2.41. The molecule has 0 saturated heterocycles. The fraction of sp³-hybridized carbons (Fsp3) is 0.0714. The number of hydrogen-bond acceptors (Lipinski definition) is 2. The smallest absolute Gasteiger partial charge is 0.416 e. The molecule has 2 N–H and O–H groups in total. The van der Waals surface area contributed by atoms with Gasteiger partial charge in [0.2, 0.25) is 0 Å². The van der Waals surface area contributed by atoms with E-state index in [9.17, 15) is 13.2 Å². The first-order chi connectivity index (χ1) is 10.2. The van der Waals surface area contributed by atoms with E-state index >= 15 is 0 Å². The number of hydrogen-bond donors (Lipinski definition) is 1. The molecule has 0 spiro atoms. The lowest BCUT2D eigenvalue weighted by Gasteiger charge is -2.13. The Labute approximate surface area is 139 Å². The van der Waals surface area contributed by atoms with Crippen molar-refractivity contribution in [2.24, 2.45) is 5.73 Å². The Morgan fingerprint density at radius 2 is 1.55 bits per heavy atom. The number of benzene rings is 2. The molecule has 2 rings (SSSR count). The normalized spacial score (nSPS) is 11.3. The van der Waals surface area contributed by atoms with Crippen molar-refractivity contribution in [3.05, 3.63) is 57.6 Å². The molecule has 22 heavy (non-hydrogen) atoms. The van der Waals surface area contributed by atoms with Crippen LogP contribution in [0.2, 0.25) is 10.0 Å². The lowest BCUT2D eigenvalue weighted by Crippen LogP contribution is -2.08. The number of rotatable bonds is 3. The molecule has 0 radical (unpaired) electrons. The van der Waals surface area contributed by atoms with Crippen molar-refractivity contribution in [2.75, 3.05) is 0 Å². The van der Waals surface area contributed by atoms with Crippen molar-refractivity contribution in [2.45, 2.75) is 6.18 Å². The molecule has 0 aliphatic carbocycles. The zero-order valence-electron chi connectivity index (χ0n) is 10.7. The van der Waals surface area contributed by atoms with Crippen molar-refractivity contribution in [1.82, 2.24) is 0 Å². The van der Waals surface area contributed by atoms with Crippen LogP contribution in [0, 0.1) is 0 Å². The molecule has 0 aromatic heterocycles. The molecular formula is C14H8Cl2F3NOS. The van der Waals surface area contributed by atoms with Gasteiger partial charge in [0.05, 0.1) is 15.6 Å². The molecule has 0 unspecified atom stereocenters. The molecular weight excluding hydrogens is 358 g/mol. The first-order valence-corrected chi connectivity index (χ1v) is 6.99. The number of halogens is 5. The van der Waals surface area contributed by atoms with E-state index in [2.05, 4.69) is 0 Å². The predicted octanol–water partition coefficient (Wildman–Crippen LogP) is 5.44. The van der Waals surface area contributed by atoms with Gasteiger partial charge in [-0.2, -0.15) is 13.2 Å². The van der Waals surface area contributed by atoms with E-state index in [4.69, 9.17) is 45.9 Å². The van der Waals surface area contributed by atoms with Crippen LogP contribution in [0.3, 0.4) is 0 Å². The Balaban J connectivity index is 2.32. The van der Waals surface area contributed by atoms with Crippen molar-refractivity contribution in [3.63, 3.8) is 0 Å². The molecule has 0 saturated carbocycles. The van der Waals surface area contributed by atoms with Gasteiger partial charge in [-0.15, -0.1) is 0 Å². The van der Waals surface area contributed by atoms with E-state index in [1.165, 1.54) is 0 Å². The first kappa shape index (κ1) is 16.9. The van der Waals surface area contributed by atoms with Gasteiger partial charge in [-0.25, -0.2) is 0 Å². The minimum Gasteiger partial charge on any atom is -0.454 e. The Morgan fingerprint density at radius 1 is 1.05 bits per heavy atom. The minimum absolute atomic E-state index is 0.0561. The molecule has 0 fully saturated rings. The van der Waals surface area contributed by atoms with Crippen LogP contribution in [0.5, 0.6) is 11.5 Å². The third kappa shape index (κ3) is 3.82. The molecule has 0 aliphatic heterocycles. The average Bonchev–Trinajstić information content (AvgIpc) is 2.42. The average molecular weight is 366 g/mol. The van der Waals surface area contributed by atoms with E-state index < -0.39 is 11.7 Å². The third-order valence-corrected chi connectivity index (χ3v) is 3.48. The van der Waals surface area contributed by atoms with Crippen LogP contribution >= 0.6 is 35.4 Å². The van der Waals surface area contributed by atoms with Gasteiger partial charge < -0.3 is 10.5 Å². The lowest BCUT2D eigenvalue weighted by molar-refractivity contribution is -0.137. The summed E-state index contributed by atoms with van der Waals surface area (Å²) >= 11 is 16.5. The van der Waals surface area contributed by atoms with Gasteiger partial charge in [0.15, 0.2) is 5.75 Å². The molecule has 2 aromatic rings. The van der Waals surface area contributed by atoms with E-state index in [-0.39, 0.29) is 20.8 Å².